The van der Waals surface area contributed by atoms with Crippen LogP contribution in [0.2, 0.25) is 0 Å². The summed E-state index contributed by atoms with van der Waals surface area (Å²) in [6, 6.07) is 0. The van der Waals surface area contributed by atoms with Crippen LogP contribution in [0.25, 0.3) is 0 Å². The van der Waals surface area contributed by atoms with Gasteiger partial charge in [-0.15, -0.1) is 0 Å². The highest BCUT2D eigenvalue weighted by atomic mass is 14.5. The molecule has 0 heterocycles. The average molecular weight is 387 g/mol. The van der Waals surface area contributed by atoms with Gasteiger partial charge in [0, 0.05) is 0 Å². The standard InChI is InChI=1S/C28H50/c1-21(2)11-9-12-22(3)26-17-16-25-15-10-14-24-13-7-8-19-27(24,5)23(4)18-20-28(25,26)6/h14,21-23,25-26H,7-13,15-20H2,1-6H3/b24-14-. The Morgan fingerprint density at radius 1 is 0.964 bits per heavy atom. The van der Waals surface area contributed by atoms with Gasteiger partial charge in [-0.25, -0.2) is 0 Å². The predicted octanol–water partition coefficient (Wildman–Crippen LogP) is 9.20. The molecule has 0 aromatic rings. The van der Waals surface area contributed by atoms with E-state index in [0.717, 1.165) is 29.6 Å². The highest BCUT2D eigenvalue weighted by molar-refractivity contribution is 5.18. The van der Waals surface area contributed by atoms with Crippen molar-refractivity contribution in [3.8, 4) is 0 Å². The monoisotopic (exact) mass is 386 g/mol. The minimum absolute atomic E-state index is 0.498. The van der Waals surface area contributed by atoms with Crippen molar-refractivity contribution in [2.24, 2.45) is 40.4 Å². The minimum atomic E-state index is 0.498. The molecular formula is C28H50. The van der Waals surface area contributed by atoms with E-state index in [4.69, 9.17) is 0 Å². The van der Waals surface area contributed by atoms with Gasteiger partial charge in [-0.1, -0.05) is 78.9 Å². The van der Waals surface area contributed by atoms with Crippen LogP contribution in [0.3, 0.4) is 0 Å². The molecule has 6 atom stereocenters. The van der Waals surface area contributed by atoms with Gasteiger partial charge in [0.05, 0.1) is 0 Å². The van der Waals surface area contributed by atoms with Crippen LogP contribution in [0, 0.1) is 40.4 Å². The van der Waals surface area contributed by atoms with Crippen LogP contribution in [-0.2, 0) is 0 Å². The Balaban J connectivity index is 1.74. The van der Waals surface area contributed by atoms with Gasteiger partial charge in [0.25, 0.3) is 0 Å². The van der Waals surface area contributed by atoms with E-state index in [0.29, 0.717) is 10.8 Å². The molecule has 28 heavy (non-hydrogen) atoms. The lowest BCUT2D eigenvalue weighted by molar-refractivity contribution is 0.0688. The molecule has 3 aliphatic rings. The topological polar surface area (TPSA) is 0 Å². The number of allylic oxidation sites excluding steroid dienone is 2. The van der Waals surface area contributed by atoms with Crippen LogP contribution >= 0.6 is 0 Å². The molecule has 0 spiro atoms. The molecule has 3 aliphatic carbocycles. The molecule has 0 radical (unpaired) electrons. The molecule has 0 aromatic heterocycles. The molecule has 3 rings (SSSR count). The first-order valence-electron chi connectivity index (χ1n) is 13.0. The number of rotatable bonds is 5. The zero-order chi connectivity index (χ0) is 20.4. The first-order chi connectivity index (χ1) is 13.3. The van der Waals surface area contributed by atoms with Gasteiger partial charge in [-0.05, 0) is 98.2 Å². The van der Waals surface area contributed by atoms with Gasteiger partial charge in [-0.3, -0.25) is 0 Å². The van der Waals surface area contributed by atoms with Crippen LogP contribution in [0.4, 0.5) is 0 Å². The summed E-state index contributed by atoms with van der Waals surface area (Å²) in [6.45, 7) is 15.3. The van der Waals surface area contributed by atoms with E-state index >= 15 is 0 Å². The maximum atomic E-state index is 2.72. The quantitative estimate of drug-likeness (QED) is 0.413. The van der Waals surface area contributed by atoms with E-state index in [1.54, 1.807) is 0 Å². The maximum Gasteiger partial charge on any atom is -0.00908 e. The van der Waals surface area contributed by atoms with Gasteiger partial charge >= 0.3 is 0 Å². The van der Waals surface area contributed by atoms with Gasteiger partial charge in [0.2, 0.25) is 0 Å². The van der Waals surface area contributed by atoms with Gasteiger partial charge in [0.15, 0.2) is 0 Å². The minimum Gasteiger partial charge on any atom is -0.0848 e. The Kier molecular flexibility index (Phi) is 7.42. The average Bonchev–Trinajstić information content (AvgIpc) is 2.97. The lowest BCUT2D eigenvalue weighted by atomic mass is 9.59. The third-order valence-corrected chi connectivity index (χ3v) is 9.97. The lowest BCUT2D eigenvalue weighted by Crippen LogP contribution is -2.36. The molecule has 0 amide bonds. The summed E-state index contributed by atoms with van der Waals surface area (Å²) in [5.74, 6) is 4.59. The summed E-state index contributed by atoms with van der Waals surface area (Å²) >= 11 is 0. The van der Waals surface area contributed by atoms with Crippen LogP contribution < -0.4 is 0 Å². The molecule has 2 fully saturated rings. The molecule has 6 unspecified atom stereocenters. The van der Waals surface area contributed by atoms with Crippen molar-refractivity contribution in [3.05, 3.63) is 11.6 Å². The first-order valence-corrected chi connectivity index (χ1v) is 13.0. The largest absolute Gasteiger partial charge is 0.0848 e. The Morgan fingerprint density at radius 3 is 2.50 bits per heavy atom. The Bertz CT molecular complexity index is 528. The molecule has 0 N–H and O–H groups in total. The van der Waals surface area contributed by atoms with E-state index in [9.17, 15) is 0 Å². The van der Waals surface area contributed by atoms with Crippen LogP contribution in [0.5, 0.6) is 0 Å². The second-order valence-electron chi connectivity index (χ2n) is 12.1. The van der Waals surface area contributed by atoms with Crippen molar-refractivity contribution in [2.45, 2.75) is 125 Å². The second-order valence-corrected chi connectivity index (χ2v) is 12.1. The predicted molar refractivity (Wildman–Crippen MR) is 124 cm³/mol. The van der Waals surface area contributed by atoms with Crippen LogP contribution in [-0.4, -0.2) is 0 Å². The fraction of sp³-hybridized carbons (Fsp3) is 0.929. The summed E-state index contributed by atoms with van der Waals surface area (Å²) in [6.07, 6.45) is 21.5. The number of hydrogen-bond donors (Lipinski definition) is 0. The van der Waals surface area contributed by atoms with E-state index < -0.39 is 0 Å². The van der Waals surface area contributed by atoms with Crippen molar-refractivity contribution in [1.82, 2.24) is 0 Å². The summed E-state index contributed by atoms with van der Waals surface area (Å²) in [5.41, 5.74) is 2.94. The van der Waals surface area contributed by atoms with Gasteiger partial charge in [-0.2, -0.15) is 0 Å². The zero-order valence-electron chi connectivity index (χ0n) is 20.2. The van der Waals surface area contributed by atoms with Gasteiger partial charge in [0.1, 0.15) is 0 Å². The second kappa shape index (κ2) is 9.26. The van der Waals surface area contributed by atoms with Crippen LogP contribution in [0.1, 0.15) is 125 Å². The van der Waals surface area contributed by atoms with Gasteiger partial charge < -0.3 is 0 Å². The van der Waals surface area contributed by atoms with Crippen molar-refractivity contribution >= 4 is 0 Å². The lowest BCUT2D eigenvalue weighted by Gasteiger charge is -2.46. The van der Waals surface area contributed by atoms with E-state index in [-0.39, 0.29) is 0 Å². The van der Waals surface area contributed by atoms with Crippen LogP contribution in [0.15, 0.2) is 11.6 Å². The van der Waals surface area contributed by atoms with Crippen molar-refractivity contribution in [1.29, 1.82) is 0 Å². The highest BCUT2D eigenvalue weighted by Gasteiger charge is 2.48. The smallest absolute Gasteiger partial charge is 0.00908 e. The van der Waals surface area contributed by atoms with E-state index in [2.05, 4.69) is 47.6 Å². The van der Waals surface area contributed by atoms with Crippen molar-refractivity contribution < 1.29 is 0 Å². The highest BCUT2D eigenvalue weighted by Crippen LogP contribution is 2.58. The molecule has 2 saturated carbocycles. The SMILES string of the molecule is CC(C)CCCC(C)C1CCC2CC/C=C3/CCCCC3(C)C(C)CCC21C. The first kappa shape index (κ1) is 22.4. The fourth-order valence-electron chi connectivity index (χ4n) is 7.65. The third kappa shape index (κ3) is 4.57. The molecular weight excluding hydrogens is 336 g/mol. The zero-order valence-corrected chi connectivity index (χ0v) is 20.2. The molecule has 0 saturated heterocycles. The van der Waals surface area contributed by atoms with E-state index in [1.807, 2.05) is 5.57 Å². The Labute approximate surface area is 177 Å². The fourth-order valence-corrected chi connectivity index (χ4v) is 7.65. The number of fused-ring (bicyclic) bond motifs is 2. The molecule has 0 aromatic carbocycles. The molecule has 0 aliphatic heterocycles. The van der Waals surface area contributed by atoms with Crippen molar-refractivity contribution in [3.63, 3.8) is 0 Å². The molecule has 162 valence electrons. The molecule has 0 bridgehead atoms. The number of hydrogen-bond acceptors (Lipinski definition) is 0. The molecule has 0 nitrogen and oxygen atoms in total. The summed E-state index contributed by atoms with van der Waals surface area (Å²) in [5, 5.41) is 0. The summed E-state index contributed by atoms with van der Waals surface area (Å²) in [7, 11) is 0. The summed E-state index contributed by atoms with van der Waals surface area (Å²) < 4.78 is 0. The maximum absolute atomic E-state index is 2.72. The van der Waals surface area contributed by atoms with Crippen molar-refractivity contribution in [2.75, 3.05) is 0 Å². The third-order valence-electron chi connectivity index (χ3n) is 9.97. The Morgan fingerprint density at radius 2 is 1.75 bits per heavy atom. The Hall–Kier alpha value is -0.260. The summed E-state index contributed by atoms with van der Waals surface area (Å²) in [4.78, 5) is 0. The molecule has 0 heteroatoms. The normalized spacial score (nSPS) is 42.4. The van der Waals surface area contributed by atoms with E-state index in [1.165, 1.54) is 83.5 Å².